The first-order chi connectivity index (χ1) is 11.8. The molecule has 4 nitrogen and oxygen atoms in total. The monoisotopic (exact) mass is 329 g/mol. The number of hydrogen-bond acceptors (Lipinski definition) is 4. The number of halogens is 1. The molecule has 3 rings (SSSR count). The normalized spacial score (nSPS) is 20.2. The summed E-state index contributed by atoms with van der Waals surface area (Å²) in [5.41, 5.74) is 8.57. The number of methoxy groups -OCH3 is 1. The maximum Gasteiger partial charge on any atom is 0.126 e. The highest BCUT2D eigenvalue weighted by molar-refractivity contribution is 5.30. The molecule has 0 bridgehead atoms. The largest absolute Gasteiger partial charge is 0.497 e. The molecule has 128 valence electrons. The Hall–Kier alpha value is -1.95. The van der Waals surface area contributed by atoms with E-state index in [4.69, 9.17) is 4.74 Å². The maximum atomic E-state index is 13.6. The van der Waals surface area contributed by atoms with Crippen LogP contribution in [0.15, 0.2) is 48.5 Å². The fourth-order valence-electron chi connectivity index (χ4n) is 3.10. The highest BCUT2D eigenvalue weighted by Gasteiger charge is 2.27. The van der Waals surface area contributed by atoms with Crippen molar-refractivity contribution in [1.82, 2.24) is 16.2 Å². The predicted molar refractivity (Wildman–Crippen MR) is 93.3 cm³/mol. The van der Waals surface area contributed by atoms with E-state index in [2.05, 4.69) is 28.3 Å². The van der Waals surface area contributed by atoms with E-state index < -0.39 is 0 Å². The van der Waals surface area contributed by atoms with Crippen LogP contribution in [0, 0.1) is 11.7 Å². The van der Waals surface area contributed by atoms with Crippen molar-refractivity contribution in [2.75, 3.05) is 26.7 Å². The van der Waals surface area contributed by atoms with Gasteiger partial charge in [0.15, 0.2) is 0 Å². The fourth-order valence-corrected chi connectivity index (χ4v) is 3.10. The minimum atomic E-state index is -0.125. The summed E-state index contributed by atoms with van der Waals surface area (Å²) in [5.74, 6) is 1.18. The van der Waals surface area contributed by atoms with E-state index in [0.29, 0.717) is 12.3 Å². The number of hydrazine groups is 1. The zero-order chi connectivity index (χ0) is 16.8. The lowest BCUT2D eigenvalue weighted by Crippen LogP contribution is -2.30. The van der Waals surface area contributed by atoms with E-state index in [1.165, 1.54) is 11.6 Å². The molecule has 1 heterocycles. The van der Waals surface area contributed by atoms with Crippen LogP contribution in [0.3, 0.4) is 0 Å². The third-order valence-corrected chi connectivity index (χ3v) is 4.50. The van der Waals surface area contributed by atoms with Crippen LogP contribution < -0.4 is 20.9 Å². The van der Waals surface area contributed by atoms with Crippen molar-refractivity contribution in [1.29, 1.82) is 0 Å². The van der Waals surface area contributed by atoms with Gasteiger partial charge >= 0.3 is 0 Å². The van der Waals surface area contributed by atoms with Gasteiger partial charge in [0.05, 0.1) is 13.2 Å². The van der Waals surface area contributed by atoms with Gasteiger partial charge < -0.3 is 10.1 Å². The van der Waals surface area contributed by atoms with Crippen molar-refractivity contribution in [2.45, 2.75) is 12.5 Å². The van der Waals surface area contributed by atoms with Gasteiger partial charge in [0.25, 0.3) is 0 Å². The van der Waals surface area contributed by atoms with Crippen LogP contribution in [0.2, 0.25) is 0 Å². The average Bonchev–Trinajstić information content (AvgIpc) is 3.09. The minimum Gasteiger partial charge on any atom is -0.497 e. The molecule has 2 aromatic rings. The van der Waals surface area contributed by atoms with Crippen molar-refractivity contribution < 1.29 is 9.13 Å². The third-order valence-electron chi connectivity index (χ3n) is 4.50. The second-order valence-electron chi connectivity index (χ2n) is 6.08. The molecule has 1 fully saturated rings. The average molecular weight is 329 g/mol. The van der Waals surface area contributed by atoms with Crippen LogP contribution in [0.1, 0.15) is 17.2 Å². The van der Waals surface area contributed by atoms with E-state index >= 15 is 0 Å². The predicted octanol–water partition coefficient (Wildman–Crippen LogP) is 2.43. The molecule has 3 N–H and O–H groups in total. The molecule has 0 spiro atoms. The molecule has 0 aliphatic carbocycles. The van der Waals surface area contributed by atoms with Crippen molar-refractivity contribution in [3.63, 3.8) is 0 Å². The van der Waals surface area contributed by atoms with Crippen molar-refractivity contribution >= 4 is 0 Å². The Balaban J connectivity index is 1.50. The van der Waals surface area contributed by atoms with E-state index in [-0.39, 0.29) is 11.9 Å². The topological polar surface area (TPSA) is 45.3 Å². The number of rotatable bonds is 7. The summed E-state index contributed by atoms with van der Waals surface area (Å²) in [6.07, 6.45) is 0.702. The highest BCUT2D eigenvalue weighted by atomic mass is 19.1. The summed E-state index contributed by atoms with van der Waals surface area (Å²) in [5, 5.41) is 3.45. The molecule has 0 saturated carbocycles. The van der Waals surface area contributed by atoms with E-state index in [1.807, 2.05) is 24.3 Å². The van der Waals surface area contributed by atoms with Crippen molar-refractivity contribution in [2.24, 2.45) is 5.92 Å². The van der Waals surface area contributed by atoms with Crippen LogP contribution >= 0.6 is 0 Å². The van der Waals surface area contributed by atoms with Gasteiger partial charge in [-0.05, 0) is 42.3 Å². The third kappa shape index (κ3) is 4.12. The maximum absolute atomic E-state index is 13.6. The van der Waals surface area contributed by atoms with Gasteiger partial charge in [-0.3, -0.25) is 5.43 Å². The van der Waals surface area contributed by atoms with Gasteiger partial charge in [-0.2, -0.15) is 0 Å². The Morgan fingerprint density at radius 3 is 2.71 bits per heavy atom. The van der Waals surface area contributed by atoms with Crippen LogP contribution in [-0.2, 0) is 6.42 Å². The standard InChI is InChI=1S/C19H24FN3O/c1-24-17-8-6-15(7-9-17)19-16(13-22-23-19)12-21-11-10-14-4-2-3-5-18(14)20/h2-9,16,19,21-23H,10-13H2,1H3. The smallest absolute Gasteiger partial charge is 0.126 e. The first-order valence-electron chi connectivity index (χ1n) is 8.34. The quantitative estimate of drug-likeness (QED) is 0.683. The molecule has 5 heteroatoms. The SMILES string of the molecule is COc1ccc(C2NNCC2CNCCc2ccccc2F)cc1. The lowest BCUT2D eigenvalue weighted by atomic mass is 9.95. The minimum absolute atomic E-state index is 0.125. The molecule has 0 radical (unpaired) electrons. The van der Waals surface area contributed by atoms with Gasteiger partial charge in [-0.15, -0.1) is 0 Å². The van der Waals surface area contributed by atoms with Crippen LogP contribution in [0.5, 0.6) is 5.75 Å². The van der Waals surface area contributed by atoms with E-state index in [0.717, 1.165) is 30.9 Å². The molecular weight excluding hydrogens is 305 g/mol. The van der Waals surface area contributed by atoms with Gasteiger partial charge in [0.1, 0.15) is 11.6 Å². The zero-order valence-corrected chi connectivity index (χ0v) is 13.9. The molecule has 1 saturated heterocycles. The molecule has 1 aliphatic heterocycles. The fraction of sp³-hybridized carbons (Fsp3) is 0.368. The molecule has 0 amide bonds. The summed E-state index contributed by atoms with van der Waals surface area (Å²) >= 11 is 0. The number of benzene rings is 2. The summed E-state index contributed by atoms with van der Waals surface area (Å²) in [4.78, 5) is 0. The van der Waals surface area contributed by atoms with Gasteiger partial charge in [0.2, 0.25) is 0 Å². The molecular formula is C19H24FN3O. The van der Waals surface area contributed by atoms with Crippen LogP contribution in [-0.4, -0.2) is 26.7 Å². The Labute approximate surface area is 142 Å². The molecule has 2 atom stereocenters. The Morgan fingerprint density at radius 2 is 1.96 bits per heavy atom. The first-order valence-corrected chi connectivity index (χ1v) is 8.34. The number of hydrogen-bond donors (Lipinski definition) is 3. The molecule has 2 aromatic carbocycles. The van der Waals surface area contributed by atoms with Gasteiger partial charge in [-0.1, -0.05) is 30.3 Å². The Bertz CT molecular complexity index is 647. The lowest BCUT2D eigenvalue weighted by Gasteiger charge is -2.19. The molecule has 0 aromatic heterocycles. The zero-order valence-electron chi connectivity index (χ0n) is 13.9. The summed E-state index contributed by atoms with van der Waals surface area (Å²) < 4.78 is 18.8. The van der Waals surface area contributed by atoms with E-state index in [1.54, 1.807) is 13.2 Å². The summed E-state index contributed by atoms with van der Waals surface area (Å²) in [6, 6.07) is 15.4. The lowest BCUT2D eigenvalue weighted by molar-refractivity contribution is 0.413. The number of nitrogens with one attached hydrogen (secondary N) is 3. The van der Waals surface area contributed by atoms with Gasteiger partial charge in [-0.25, -0.2) is 9.82 Å². The molecule has 24 heavy (non-hydrogen) atoms. The van der Waals surface area contributed by atoms with Gasteiger partial charge in [0, 0.05) is 19.0 Å². The summed E-state index contributed by atoms with van der Waals surface area (Å²) in [6.45, 7) is 2.56. The second-order valence-corrected chi connectivity index (χ2v) is 6.08. The highest BCUT2D eigenvalue weighted by Crippen LogP contribution is 2.26. The van der Waals surface area contributed by atoms with E-state index in [9.17, 15) is 4.39 Å². The number of ether oxygens (including phenoxy) is 1. The van der Waals surface area contributed by atoms with Crippen LogP contribution in [0.25, 0.3) is 0 Å². The Morgan fingerprint density at radius 1 is 1.17 bits per heavy atom. The van der Waals surface area contributed by atoms with Crippen LogP contribution in [0.4, 0.5) is 4.39 Å². The van der Waals surface area contributed by atoms with Crippen molar-refractivity contribution in [3.05, 3.63) is 65.5 Å². The second kappa shape index (κ2) is 8.24. The Kier molecular flexibility index (Phi) is 5.80. The first kappa shape index (κ1) is 16.9. The molecule has 1 aliphatic rings. The summed E-state index contributed by atoms with van der Waals surface area (Å²) in [7, 11) is 1.67. The molecule has 2 unspecified atom stereocenters. The van der Waals surface area contributed by atoms with Crippen molar-refractivity contribution in [3.8, 4) is 5.75 Å².